The SMILES string of the molecule is Cc1nnc(C(C)C)n1C1CCN(CCC(NC(=O)OC(C)(C)C)c2cccs2)CC1. The molecule has 1 saturated heterocycles. The van der Waals surface area contributed by atoms with E-state index in [4.69, 9.17) is 4.74 Å². The molecule has 172 valence electrons. The number of ether oxygens (including phenoxy) is 1. The summed E-state index contributed by atoms with van der Waals surface area (Å²) in [6.07, 6.45) is 2.71. The van der Waals surface area contributed by atoms with Crippen LogP contribution in [0.15, 0.2) is 17.5 Å². The Morgan fingerprint density at radius 2 is 2.00 bits per heavy atom. The molecule has 1 aliphatic rings. The van der Waals surface area contributed by atoms with E-state index in [1.807, 2.05) is 26.8 Å². The number of hydrogen-bond acceptors (Lipinski definition) is 6. The molecule has 0 saturated carbocycles. The molecule has 1 amide bonds. The maximum absolute atomic E-state index is 12.4. The highest BCUT2D eigenvalue weighted by atomic mass is 32.1. The van der Waals surface area contributed by atoms with E-state index in [0.717, 1.165) is 50.5 Å². The van der Waals surface area contributed by atoms with Crippen molar-refractivity contribution < 1.29 is 9.53 Å². The third-order valence-electron chi connectivity index (χ3n) is 5.64. The molecule has 31 heavy (non-hydrogen) atoms. The van der Waals surface area contributed by atoms with E-state index in [9.17, 15) is 4.79 Å². The molecule has 0 spiro atoms. The highest BCUT2D eigenvalue weighted by Crippen LogP contribution is 2.29. The van der Waals surface area contributed by atoms with Crippen LogP contribution in [-0.4, -0.2) is 51.0 Å². The summed E-state index contributed by atoms with van der Waals surface area (Å²) in [7, 11) is 0. The number of hydrogen-bond donors (Lipinski definition) is 1. The van der Waals surface area contributed by atoms with Crippen molar-refractivity contribution in [2.24, 2.45) is 0 Å². The van der Waals surface area contributed by atoms with Gasteiger partial charge in [0.2, 0.25) is 0 Å². The molecule has 2 aromatic heterocycles. The first-order valence-electron chi connectivity index (χ1n) is 11.3. The summed E-state index contributed by atoms with van der Waals surface area (Å²) >= 11 is 1.68. The van der Waals surface area contributed by atoms with Crippen molar-refractivity contribution in [3.8, 4) is 0 Å². The average Bonchev–Trinajstić information content (AvgIpc) is 3.34. The van der Waals surface area contributed by atoms with Gasteiger partial charge in [0, 0.05) is 36.5 Å². The zero-order chi connectivity index (χ0) is 22.6. The van der Waals surface area contributed by atoms with E-state index in [0.29, 0.717) is 12.0 Å². The number of amides is 1. The van der Waals surface area contributed by atoms with Crippen molar-refractivity contribution >= 4 is 17.4 Å². The van der Waals surface area contributed by atoms with E-state index >= 15 is 0 Å². The zero-order valence-electron chi connectivity index (χ0n) is 19.7. The van der Waals surface area contributed by atoms with Crippen LogP contribution in [0.5, 0.6) is 0 Å². The van der Waals surface area contributed by atoms with Gasteiger partial charge < -0.3 is 19.5 Å². The lowest BCUT2D eigenvalue weighted by atomic mass is 10.0. The van der Waals surface area contributed by atoms with E-state index < -0.39 is 5.60 Å². The highest BCUT2D eigenvalue weighted by Gasteiger charge is 2.27. The van der Waals surface area contributed by atoms with Crippen molar-refractivity contribution in [1.29, 1.82) is 0 Å². The molecule has 2 aromatic rings. The van der Waals surface area contributed by atoms with Gasteiger partial charge in [-0.1, -0.05) is 19.9 Å². The summed E-state index contributed by atoms with van der Waals surface area (Å²) in [5.74, 6) is 2.49. The highest BCUT2D eigenvalue weighted by molar-refractivity contribution is 7.10. The van der Waals surface area contributed by atoms with Crippen LogP contribution >= 0.6 is 11.3 Å². The molecule has 3 rings (SSSR count). The molecule has 0 aliphatic carbocycles. The zero-order valence-corrected chi connectivity index (χ0v) is 20.5. The Morgan fingerprint density at radius 3 is 2.58 bits per heavy atom. The number of carbonyl (C=O) groups is 1. The van der Waals surface area contributed by atoms with Crippen LogP contribution in [0.3, 0.4) is 0 Å². The third-order valence-corrected chi connectivity index (χ3v) is 6.63. The Morgan fingerprint density at radius 1 is 1.29 bits per heavy atom. The van der Waals surface area contributed by atoms with Crippen LogP contribution in [-0.2, 0) is 4.74 Å². The van der Waals surface area contributed by atoms with Gasteiger partial charge >= 0.3 is 6.09 Å². The summed E-state index contributed by atoms with van der Waals surface area (Å²) in [6, 6.07) is 4.56. The molecular formula is C23H37N5O2S. The minimum Gasteiger partial charge on any atom is -0.444 e. The summed E-state index contributed by atoms with van der Waals surface area (Å²) in [6.45, 7) is 15.1. The number of likely N-dealkylation sites (tertiary alicyclic amines) is 1. The van der Waals surface area contributed by atoms with Crippen LogP contribution in [0.1, 0.15) is 88.4 Å². The van der Waals surface area contributed by atoms with E-state index in [-0.39, 0.29) is 12.1 Å². The van der Waals surface area contributed by atoms with Crippen LogP contribution in [0.4, 0.5) is 4.79 Å². The smallest absolute Gasteiger partial charge is 0.408 e. The second-order valence-corrected chi connectivity index (χ2v) is 10.7. The first kappa shape index (κ1) is 23.7. The van der Waals surface area contributed by atoms with Crippen molar-refractivity contribution in [3.63, 3.8) is 0 Å². The lowest BCUT2D eigenvalue weighted by molar-refractivity contribution is 0.0497. The molecule has 0 radical (unpaired) electrons. The fourth-order valence-electron chi connectivity index (χ4n) is 4.17. The van der Waals surface area contributed by atoms with Crippen molar-refractivity contribution in [2.45, 2.75) is 84.4 Å². The second-order valence-electron chi connectivity index (χ2n) is 9.71. The number of nitrogens with zero attached hydrogens (tertiary/aromatic N) is 4. The van der Waals surface area contributed by atoms with Crippen molar-refractivity contribution in [2.75, 3.05) is 19.6 Å². The fraction of sp³-hybridized carbons (Fsp3) is 0.696. The Kier molecular flexibility index (Phi) is 7.75. The molecular weight excluding hydrogens is 410 g/mol. The van der Waals surface area contributed by atoms with Crippen molar-refractivity contribution in [1.82, 2.24) is 25.0 Å². The molecule has 8 heteroatoms. The lowest BCUT2D eigenvalue weighted by Gasteiger charge is -2.34. The molecule has 1 fully saturated rings. The van der Waals surface area contributed by atoms with Crippen LogP contribution in [0.2, 0.25) is 0 Å². The molecule has 0 bridgehead atoms. The average molecular weight is 448 g/mol. The molecule has 1 aliphatic heterocycles. The van der Waals surface area contributed by atoms with Gasteiger partial charge in [0.05, 0.1) is 6.04 Å². The molecule has 7 nitrogen and oxygen atoms in total. The number of aromatic nitrogens is 3. The number of aryl methyl sites for hydroxylation is 1. The van der Waals surface area contributed by atoms with Crippen LogP contribution < -0.4 is 5.32 Å². The summed E-state index contributed by atoms with van der Waals surface area (Å²) in [5, 5.41) is 13.9. The van der Waals surface area contributed by atoms with E-state index in [1.54, 1.807) is 11.3 Å². The maximum atomic E-state index is 12.4. The summed E-state index contributed by atoms with van der Waals surface area (Å²) < 4.78 is 7.83. The number of piperidine rings is 1. The Balaban J connectivity index is 1.55. The minimum absolute atomic E-state index is 0.0276. The Labute approximate surface area is 190 Å². The van der Waals surface area contributed by atoms with Gasteiger partial charge in [-0.25, -0.2) is 4.79 Å². The molecule has 3 heterocycles. The summed E-state index contributed by atoms with van der Waals surface area (Å²) in [4.78, 5) is 16.0. The maximum Gasteiger partial charge on any atom is 0.408 e. The minimum atomic E-state index is -0.499. The number of alkyl carbamates (subject to hydrolysis) is 1. The normalized spacial score (nSPS) is 17.1. The Bertz CT molecular complexity index is 833. The first-order chi connectivity index (χ1) is 14.6. The molecule has 1 atom stereocenters. The predicted octanol–water partition coefficient (Wildman–Crippen LogP) is 5.06. The number of thiophene rings is 1. The monoisotopic (exact) mass is 447 g/mol. The van der Waals surface area contributed by atoms with Gasteiger partial charge in [-0.05, 0) is 58.4 Å². The van der Waals surface area contributed by atoms with Gasteiger partial charge in [0.1, 0.15) is 17.2 Å². The van der Waals surface area contributed by atoms with Gasteiger partial charge in [0.25, 0.3) is 0 Å². The third kappa shape index (κ3) is 6.53. The van der Waals surface area contributed by atoms with E-state index in [1.165, 1.54) is 4.88 Å². The second kappa shape index (κ2) is 10.1. The van der Waals surface area contributed by atoms with Gasteiger partial charge in [-0.3, -0.25) is 0 Å². The number of carbonyl (C=O) groups excluding carboxylic acids is 1. The van der Waals surface area contributed by atoms with Gasteiger partial charge in [0.15, 0.2) is 0 Å². The van der Waals surface area contributed by atoms with E-state index in [2.05, 4.69) is 57.2 Å². The van der Waals surface area contributed by atoms with Crippen LogP contribution in [0, 0.1) is 6.92 Å². The van der Waals surface area contributed by atoms with Crippen LogP contribution in [0.25, 0.3) is 0 Å². The quantitative estimate of drug-likeness (QED) is 0.642. The molecule has 1 unspecified atom stereocenters. The number of rotatable bonds is 7. The largest absolute Gasteiger partial charge is 0.444 e. The number of nitrogens with one attached hydrogen (secondary N) is 1. The van der Waals surface area contributed by atoms with Crippen molar-refractivity contribution in [3.05, 3.63) is 34.0 Å². The Hall–Kier alpha value is -1.93. The predicted molar refractivity (Wildman–Crippen MR) is 125 cm³/mol. The molecule has 1 N–H and O–H groups in total. The summed E-state index contributed by atoms with van der Waals surface area (Å²) in [5.41, 5.74) is -0.499. The first-order valence-corrected chi connectivity index (χ1v) is 12.2. The van der Waals surface area contributed by atoms with Gasteiger partial charge in [-0.15, -0.1) is 21.5 Å². The topological polar surface area (TPSA) is 72.3 Å². The lowest BCUT2D eigenvalue weighted by Crippen LogP contribution is -2.39. The standard InChI is InChI=1S/C23H37N5O2S/c1-16(2)21-26-25-17(3)28(21)18-9-12-27(13-10-18)14-11-19(20-8-7-15-31-20)24-22(29)30-23(4,5)6/h7-8,15-16,18-19H,9-14H2,1-6H3,(H,24,29). The van der Waals surface area contributed by atoms with Gasteiger partial charge in [-0.2, -0.15) is 0 Å². The molecule has 0 aromatic carbocycles. The fourth-order valence-corrected chi connectivity index (χ4v) is 4.98.